The molecule has 1 aliphatic heterocycles. The first-order valence-electron chi connectivity index (χ1n) is 13.4. The van der Waals surface area contributed by atoms with Gasteiger partial charge in [-0.1, -0.05) is 24.3 Å². The molecule has 2 aromatic carbocycles. The van der Waals surface area contributed by atoms with E-state index in [1.807, 2.05) is 24.3 Å². The van der Waals surface area contributed by atoms with Crippen LogP contribution >= 0.6 is 8.53 Å². The summed E-state index contributed by atoms with van der Waals surface area (Å²) in [6.07, 6.45) is 3.46. The number of rotatable bonds is 12. The maximum atomic E-state index is 9.07. The highest BCUT2D eigenvalue weighted by Crippen LogP contribution is 2.50. The highest BCUT2D eigenvalue weighted by molar-refractivity contribution is 7.44. The Kier molecular flexibility index (Phi) is 10.1. The largest absolute Gasteiger partial charge is 0.382 e. The Morgan fingerprint density at radius 3 is 2.54 bits per heavy atom. The van der Waals surface area contributed by atoms with Crippen LogP contribution < -0.4 is 0 Å². The van der Waals surface area contributed by atoms with Gasteiger partial charge in [-0.2, -0.15) is 10.5 Å². The van der Waals surface area contributed by atoms with Crippen LogP contribution in [0, 0.1) is 22.7 Å². The van der Waals surface area contributed by atoms with Gasteiger partial charge in [0.25, 0.3) is 8.53 Å². The third-order valence-corrected chi connectivity index (χ3v) is 8.93. The molecule has 0 amide bonds. The fourth-order valence-electron chi connectivity index (χ4n) is 5.26. The van der Waals surface area contributed by atoms with Crippen LogP contribution in [0.2, 0.25) is 0 Å². The van der Waals surface area contributed by atoms with Gasteiger partial charge >= 0.3 is 0 Å². The van der Waals surface area contributed by atoms with Crippen molar-refractivity contribution in [3.8, 4) is 12.1 Å². The predicted octanol–water partition coefficient (Wildman–Crippen LogP) is 6.93. The van der Waals surface area contributed by atoms with Crippen molar-refractivity contribution < 1.29 is 18.5 Å². The molecule has 1 unspecified atom stereocenters. The minimum atomic E-state index is -1.42. The summed E-state index contributed by atoms with van der Waals surface area (Å²) in [4.78, 5) is 0. The number of nitriles is 2. The van der Waals surface area contributed by atoms with Crippen molar-refractivity contribution >= 4 is 36.4 Å². The predicted molar refractivity (Wildman–Crippen MR) is 155 cm³/mol. The van der Waals surface area contributed by atoms with E-state index in [4.69, 9.17) is 29.0 Å². The number of hydrogen-bond acceptors (Lipinski definition) is 7. The van der Waals surface area contributed by atoms with Crippen molar-refractivity contribution in [2.24, 2.45) is 0 Å². The Balaban J connectivity index is 1.70. The molecular formula is C30H37N4O4P. The van der Waals surface area contributed by atoms with Gasteiger partial charge in [0.1, 0.15) is 12.3 Å². The van der Waals surface area contributed by atoms with Crippen LogP contribution in [0.5, 0.6) is 0 Å². The Morgan fingerprint density at radius 1 is 1.10 bits per heavy atom. The lowest BCUT2D eigenvalue weighted by molar-refractivity contribution is -0.0487. The molecule has 0 bridgehead atoms. The molecule has 0 radical (unpaired) electrons. The van der Waals surface area contributed by atoms with E-state index in [-0.39, 0.29) is 30.5 Å². The molecule has 4 atom stereocenters. The fraction of sp³-hybridized carbons (Fsp3) is 0.467. The van der Waals surface area contributed by atoms with E-state index in [0.717, 1.165) is 27.4 Å². The van der Waals surface area contributed by atoms with Crippen molar-refractivity contribution in [1.82, 2.24) is 9.24 Å². The van der Waals surface area contributed by atoms with Crippen molar-refractivity contribution in [2.75, 3.05) is 20.3 Å². The summed E-state index contributed by atoms with van der Waals surface area (Å²) in [7, 11) is 0.256. The van der Waals surface area contributed by atoms with E-state index in [1.165, 1.54) is 6.08 Å². The van der Waals surface area contributed by atoms with Crippen LogP contribution in [-0.2, 0) is 18.5 Å². The van der Waals surface area contributed by atoms with E-state index in [9.17, 15) is 0 Å². The Hall–Kier alpha value is -2.81. The second-order valence-corrected chi connectivity index (χ2v) is 11.5. The quantitative estimate of drug-likeness (QED) is 0.138. The lowest BCUT2D eigenvalue weighted by Crippen LogP contribution is -2.36. The summed E-state index contributed by atoms with van der Waals surface area (Å²) in [5.41, 5.74) is 3.11. The molecule has 3 aromatic rings. The average Bonchev–Trinajstić information content (AvgIpc) is 3.45. The van der Waals surface area contributed by atoms with Crippen LogP contribution in [0.1, 0.15) is 52.3 Å². The van der Waals surface area contributed by atoms with Gasteiger partial charge < -0.3 is 23.1 Å². The van der Waals surface area contributed by atoms with Gasteiger partial charge in [-0.25, -0.2) is 4.67 Å². The Bertz CT molecular complexity index is 1370. The van der Waals surface area contributed by atoms with E-state index in [2.05, 4.69) is 73.3 Å². The lowest BCUT2D eigenvalue weighted by Gasteiger charge is -2.37. The van der Waals surface area contributed by atoms with Crippen molar-refractivity contribution in [1.29, 1.82) is 10.5 Å². The highest BCUT2D eigenvalue weighted by Gasteiger charge is 2.41. The number of nitrogens with zero attached hydrogens (tertiary/aromatic N) is 4. The SMILES string of the molecule is COC[C@H]1O[C@@H](n2c3ccccc3c3cc(/C=C/C#N)ccc32)C[C@H]1OP(OCCC#N)N(C(C)C)C(C)C. The summed E-state index contributed by atoms with van der Waals surface area (Å²) >= 11 is 0. The number of methoxy groups -OCH3 is 1. The molecule has 0 saturated carbocycles. The van der Waals surface area contributed by atoms with Crippen LogP contribution in [0.25, 0.3) is 27.9 Å². The second kappa shape index (κ2) is 13.5. The molecule has 0 N–H and O–H groups in total. The first-order chi connectivity index (χ1) is 18.9. The van der Waals surface area contributed by atoms with E-state index in [0.29, 0.717) is 26.1 Å². The molecule has 9 heteroatoms. The zero-order valence-corrected chi connectivity index (χ0v) is 24.2. The first kappa shape index (κ1) is 29.2. The van der Waals surface area contributed by atoms with Gasteiger partial charge in [0.2, 0.25) is 0 Å². The zero-order valence-electron chi connectivity index (χ0n) is 23.3. The molecule has 8 nitrogen and oxygen atoms in total. The maximum absolute atomic E-state index is 9.07. The van der Waals surface area contributed by atoms with Gasteiger partial charge in [-0.15, -0.1) is 0 Å². The zero-order chi connectivity index (χ0) is 27.9. The van der Waals surface area contributed by atoms with Crippen molar-refractivity contribution in [3.63, 3.8) is 0 Å². The number of aromatic nitrogens is 1. The molecule has 2 heterocycles. The highest BCUT2D eigenvalue weighted by atomic mass is 31.2. The second-order valence-electron chi connectivity index (χ2n) is 10.1. The molecule has 206 valence electrons. The van der Waals surface area contributed by atoms with Gasteiger partial charge in [0.15, 0.2) is 0 Å². The summed E-state index contributed by atoms with van der Waals surface area (Å²) in [5.74, 6) is 0. The molecule has 1 aliphatic rings. The standard InChI is InChI=1S/C30H37N4O4P/c1-21(2)34(22(3)4)39(36-17-9-16-32)38-28-19-30(37-29(28)20-35-5)33-26-12-7-6-11-24(26)25-18-23(10-8-15-31)13-14-27(25)33/h6-8,10-14,18,21-22,28-30H,9,17,19-20H2,1-5H3/b10-8+/t28-,29-,30-,39?/m1/s1. The fourth-order valence-corrected chi connectivity index (χ4v) is 7.02. The van der Waals surface area contributed by atoms with Gasteiger partial charge in [0.05, 0.1) is 48.9 Å². The molecule has 4 rings (SSSR count). The number of para-hydroxylation sites is 1. The molecular weight excluding hydrogens is 511 g/mol. The van der Waals surface area contributed by atoms with Gasteiger partial charge in [0, 0.05) is 42.5 Å². The number of benzene rings is 2. The van der Waals surface area contributed by atoms with Crippen LogP contribution in [0.4, 0.5) is 0 Å². The Labute approximate surface area is 232 Å². The third-order valence-electron chi connectivity index (χ3n) is 6.77. The number of hydrogen-bond donors (Lipinski definition) is 0. The number of allylic oxidation sites excluding steroid dienone is 1. The lowest BCUT2D eigenvalue weighted by atomic mass is 10.1. The molecule has 0 aliphatic carbocycles. The summed E-state index contributed by atoms with van der Waals surface area (Å²) in [5, 5.41) is 20.3. The summed E-state index contributed by atoms with van der Waals surface area (Å²) < 4.78 is 29.6. The molecule has 0 spiro atoms. The van der Waals surface area contributed by atoms with Crippen LogP contribution in [-0.4, -0.2) is 53.9 Å². The smallest absolute Gasteiger partial charge is 0.259 e. The van der Waals surface area contributed by atoms with Crippen molar-refractivity contribution in [3.05, 3.63) is 54.1 Å². The summed E-state index contributed by atoms with van der Waals surface area (Å²) in [6, 6.07) is 19.2. The molecule has 1 saturated heterocycles. The third kappa shape index (κ3) is 6.51. The maximum Gasteiger partial charge on any atom is 0.259 e. The average molecular weight is 549 g/mol. The van der Waals surface area contributed by atoms with Crippen LogP contribution in [0.15, 0.2) is 48.5 Å². The minimum absolute atomic E-state index is 0.207. The summed E-state index contributed by atoms with van der Waals surface area (Å²) in [6.45, 7) is 9.23. The van der Waals surface area contributed by atoms with E-state index >= 15 is 0 Å². The normalized spacial score (nSPS) is 20.5. The van der Waals surface area contributed by atoms with Gasteiger partial charge in [-0.3, -0.25) is 0 Å². The number of ether oxygens (including phenoxy) is 2. The van der Waals surface area contributed by atoms with Crippen molar-refractivity contribution in [2.45, 2.75) is 71.1 Å². The van der Waals surface area contributed by atoms with Crippen LogP contribution in [0.3, 0.4) is 0 Å². The molecule has 39 heavy (non-hydrogen) atoms. The van der Waals surface area contributed by atoms with E-state index < -0.39 is 8.53 Å². The minimum Gasteiger partial charge on any atom is -0.382 e. The first-order valence-corrected chi connectivity index (χ1v) is 14.5. The Morgan fingerprint density at radius 2 is 1.85 bits per heavy atom. The van der Waals surface area contributed by atoms with E-state index in [1.54, 1.807) is 7.11 Å². The number of fused-ring (bicyclic) bond motifs is 3. The molecule has 1 aromatic heterocycles. The monoisotopic (exact) mass is 548 g/mol. The topological polar surface area (TPSA) is 92.7 Å². The van der Waals surface area contributed by atoms with Gasteiger partial charge in [-0.05, 0) is 57.5 Å². The molecule has 1 fully saturated rings.